The Morgan fingerprint density at radius 2 is 1.52 bits per heavy atom. The van der Waals surface area contributed by atoms with E-state index < -0.39 is 0 Å². The van der Waals surface area contributed by atoms with Gasteiger partial charge in [-0.15, -0.1) is 11.3 Å². The Morgan fingerprint density at radius 3 is 2.20 bits per heavy atom. The fraction of sp³-hybridized carbons (Fsp3) is 0.565. The lowest BCUT2D eigenvalue weighted by atomic mass is 9.88. The van der Waals surface area contributed by atoms with E-state index in [0.29, 0.717) is 0 Å². The fourth-order valence-corrected chi connectivity index (χ4v) is 5.58. The molecule has 2 saturated carbocycles. The number of hydrogen-bond donors (Lipinski definition) is 0. The van der Waals surface area contributed by atoms with Crippen molar-refractivity contribution in [2.24, 2.45) is 0 Å². The molecule has 0 unspecified atom stereocenters. The van der Waals surface area contributed by atoms with Crippen LogP contribution in [-0.2, 0) is 0 Å². The second-order valence-corrected chi connectivity index (χ2v) is 8.61. The van der Waals surface area contributed by atoms with Gasteiger partial charge in [0.25, 0.3) is 0 Å². The molecule has 2 aromatic rings. The zero-order chi connectivity index (χ0) is 16.9. The monoisotopic (exact) mass is 351 g/mol. The predicted octanol–water partition coefficient (Wildman–Crippen LogP) is 6.22. The summed E-state index contributed by atoms with van der Waals surface area (Å²) in [4.78, 5) is 2.79. The molecule has 0 aliphatic heterocycles. The molecular weight excluding hydrogens is 322 g/mol. The Kier molecular flexibility index (Phi) is 5.75. The molecule has 1 heterocycles. The maximum absolute atomic E-state index is 3.56. The fourth-order valence-electron chi connectivity index (χ4n) is 4.68. The van der Waals surface area contributed by atoms with Crippen LogP contribution in [0.4, 0.5) is 0 Å². The molecule has 0 radical (unpaired) electrons. The molecule has 2 heteroatoms. The SMILES string of the molecule is C(#Cc1csc2ccccc12)CN(C1CCCCC1)C1CCCCC1. The van der Waals surface area contributed by atoms with Gasteiger partial charge in [-0.25, -0.2) is 0 Å². The maximum atomic E-state index is 3.56. The van der Waals surface area contributed by atoms with E-state index in [1.54, 1.807) is 0 Å². The molecule has 0 atom stereocenters. The summed E-state index contributed by atoms with van der Waals surface area (Å²) in [5, 5.41) is 3.55. The van der Waals surface area contributed by atoms with Crippen LogP contribution < -0.4 is 0 Å². The van der Waals surface area contributed by atoms with Crippen LogP contribution >= 0.6 is 11.3 Å². The Labute approximate surface area is 156 Å². The molecule has 2 fully saturated rings. The Hall–Kier alpha value is -1.30. The van der Waals surface area contributed by atoms with Crippen LogP contribution in [0.5, 0.6) is 0 Å². The second-order valence-electron chi connectivity index (χ2n) is 7.70. The largest absolute Gasteiger partial charge is 0.286 e. The van der Waals surface area contributed by atoms with Crippen molar-refractivity contribution in [1.82, 2.24) is 4.90 Å². The van der Waals surface area contributed by atoms with Crippen LogP contribution in [0.3, 0.4) is 0 Å². The summed E-state index contributed by atoms with van der Waals surface area (Å²) in [6.45, 7) is 0.958. The van der Waals surface area contributed by atoms with Gasteiger partial charge in [0.05, 0.1) is 6.54 Å². The smallest absolute Gasteiger partial charge is 0.0610 e. The van der Waals surface area contributed by atoms with Crippen LogP contribution in [0, 0.1) is 11.8 Å². The van der Waals surface area contributed by atoms with Crippen molar-refractivity contribution in [3.8, 4) is 11.8 Å². The van der Waals surface area contributed by atoms with Gasteiger partial charge in [-0.05, 0) is 31.7 Å². The molecule has 0 spiro atoms. The standard InChI is InChI=1S/C23H29NS/c1-3-11-20(12-4-1)24(21-13-5-2-6-14-21)17-9-10-19-18-25-23-16-8-7-15-22(19)23/h7-8,15-16,18,20-21H,1-6,11-14,17H2. The van der Waals surface area contributed by atoms with Gasteiger partial charge >= 0.3 is 0 Å². The minimum atomic E-state index is 0.783. The van der Waals surface area contributed by atoms with Crippen LogP contribution in [0.15, 0.2) is 29.6 Å². The van der Waals surface area contributed by atoms with Crippen molar-refractivity contribution >= 4 is 21.4 Å². The second kappa shape index (κ2) is 8.39. The van der Waals surface area contributed by atoms with E-state index in [2.05, 4.69) is 46.4 Å². The quantitative estimate of drug-likeness (QED) is 0.593. The topological polar surface area (TPSA) is 3.24 Å². The number of thiophene rings is 1. The lowest BCUT2D eigenvalue weighted by molar-refractivity contribution is 0.0961. The van der Waals surface area contributed by atoms with Gasteiger partial charge in [0.15, 0.2) is 0 Å². The average molecular weight is 352 g/mol. The first-order valence-electron chi connectivity index (χ1n) is 10.1. The van der Waals surface area contributed by atoms with E-state index >= 15 is 0 Å². The van der Waals surface area contributed by atoms with Crippen LogP contribution in [-0.4, -0.2) is 23.5 Å². The van der Waals surface area contributed by atoms with Gasteiger partial charge in [-0.2, -0.15) is 0 Å². The van der Waals surface area contributed by atoms with Gasteiger partial charge in [0.2, 0.25) is 0 Å². The molecular formula is C23H29NS. The molecule has 0 bridgehead atoms. The Bertz CT molecular complexity index is 720. The zero-order valence-corrected chi connectivity index (χ0v) is 16.0. The van der Waals surface area contributed by atoms with E-state index in [4.69, 9.17) is 0 Å². The molecule has 0 N–H and O–H groups in total. The number of fused-ring (bicyclic) bond motifs is 1. The Morgan fingerprint density at radius 1 is 0.880 bits per heavy atom. The third-order valence-electron chi connectivity index (χ3n) is 6.05. The third kappa shape index (κ3) is 4.10. The highest BCUT2D eigenvalue weighted by Gasteiger charge is 2.27. The van der Waals surface area contributed by atoms with Crippen LogP contribution in [0.1, 0.15) is 69.8 Å². The summed E-state index contributed by atoms with van der Waals surface area (Å²) < 4.78 is 1.35. The molecule has 4 rings (SSSR count). The molecule has 1 nitrogen and oxygen atoms in total. The van der Waals surface area contributed by atoms with E-state index in [9.17, 15) is 0 Å². The molecule has 1 aromatic heterocycles. The van der Waals surface area contributed by atoms with Gasteiger partial charge in [-0.3, -0.25) is 4.90 Å². The van der Waals surface area contributed by atoms with Crippen molar-refractivity contribution in [2.75, 3.05) is 6.54 Å². The molecule has 0 amide bonds. The van der Waals surface area contributed by atoms with Crippen LogP contribution in [0.2, 0.25) is 0 Å². The zero-order valence-electron chi connectivity index (χ0n) is 15.2. The first kappa shape index (κ1) is 17.1. The number of benzene rings is 1. The van der Waals surface area contributed by atoms with Crippen molar-refractivity contribution in [1.29, 1.82) is 0 Å². The summed E-state index contributed by atoms with van der Waals surface area (Å²) in [6, 6.07) is 10.2. The molecule has 2 aliphatic rings. The average Bonchev–Trinajstić information content (AvgIpc) is 3.10. The molecule has 1 aromatic carbocycles. The van der Waals surface area contributed by atoms with Crippen molar-refractivity contribution in [2.45, 2.75) is 76.3 Å². The van der Waals surface area contributed by atoms with E-state index in [1.807, 2.05) is 11.3 Å². The predicted molar refractivity (Wildman–Crippen MR) is 109 cm³/mol. The van der Waals surface area contributed by atoms with E-state index in [0.717, 1.165) is 18.6 Å². The van der Waals surface area contributed by atoms with Gasteiger partial charge < -0.3 is 0 Å². The highest BCUT2D eigenvalue weighted by Crippen LogP contribution is 2.30. The van der Waals surface area contributed by atoms with Gasteiger partial charge in [0.1, 0.15) is 0 Å². The Balaban J connectivity index is 1.50. The summed E-state index contributed by atoms with van der Waals surface area (Å²) in [7, 11) is 0. The molecule has 132 valence electrons. The normalized spacial score (nSPS) is 19.9. The number of hydrogen-bond acceptors (Lipinski definition) is 2. The third-order valence-corrected chi connectivity index (χ3v) is 7.02. The molecule has 2 aliphatic carbocycles. The first-order chi connectivity index (χ1) is 12.4. The summed E-state index contributed by atoms with van der Waals surface area (Å²) in [5.41, 5.74) is 1.22. The highest BCUT2D eigenvalue weighted by atomic mass is 32.1. The van der Waals surface area contributed by atoms with Gasteiger partial charge in [0, 0.05) is 33.1 Å². The van der Waals surface area contributed by atoms with E-state index in [-0.39, 0.29) is 0 Å². The summed E-state index contributed by atoms with van der Waals surface area (Å²) in [6.07, 6.45) is 14.1. The summed E-state index contributed by atoms with van der Waals surface area (Å²) in [5.74, 6) is 7.05. The van der Waals surface area contributed by atoms with Crippen molar-refractivity contribution < 1.29 is 0 Å². The highest BCUT2D eigenvalue weighted by molar-refractivity contribution is 7.17. The number of rotatable bonds is 3. The minimum Gasteiger partial charge on any atom is -0.286 e. The van der Waals surface area contributed by atoms with Gasteiger partial charge in [-0.1, -0.05) is 68.6 Å². The maximum Gasteiger partial charge on any atom is 0.0610 e. The lowest BCUT2D eigenvalue weighted by Gasteiger charge is -2.40. The van der Waals surface area contributed by atoms with Crippen molar-refractivity contribution in [3.63, 3.8) is 0 Å². The lowest BCUT2D eigenvalue weighted by Crippen LogP contribution is -2.45. The molecule has 25 heavy (non-hydrogen) atoms. The van der Waals surface area contributed by atoms with E-state index in [1.165, 1.54) is 79.9 Å². The first-order valence-corrected chi connectivity index (χ1v) is 11.0. The number of nitrogens with zero attached hydrogens (tertiary/aromatic N) is 1. The minimum absolute atomic E-state index is 0.783. The summed E-state index contributed by atoms with van der Waals surface area (Å²) >= 11 is 1.81. The van der Waals surface area contributed by atoms with Crippen molar-refractivity contribution in [3.05, 3.63) is 35.2 Å². The molecule has 0 saturated heterocycles. The van der Waals surface area contributed by atoms with Crippen LogP contribution in [0.25, 0.3) is 10.1 Å².